The van der Waals surface area contributed by atoms with Crippen LogP contribution < -0.4 is 5.32 Å². The molecular formula is C14H23NO. The Hall–Kier alpha value is -0.890. The van der Waals surface area contributed by atoms with E-state index in [0.717, 1.165) is 19.5 Å². The number of allylic oxidation sites excluding steroid dienone is 4. The molecule has 2 heteroatoms. The van der Waals surface area contributed by atoms with Gasteiger partial charge in [-0.05, 0) is 32.7 Å². The van der Waals surface area contributed by atoms with Crippen LogP contribution in [0.2, 0.25) is 0 Å². The van der Waals surface area contributed by atoms with E-state index in [-0.39, 0.29) is 0 Å². The normalized spacial score (nSPS) is 23.4. The van der Waals surface area contributed by atoms with Crippen LogP contribution in [0, 0.1) is 5.92 Å². The molecule has 1 aliphatic carbocycles. The fourth-order valence-electron chi connectivity index (χ4n) is 1.94. The molecule has 16 heavy (non-hydrogen) atoms. The molecular weight excluding hydrogens is 198 g/mol. The largest absolute Gasteiger partial charge is 0.316 e. The van der Waals surface area contributed by atoms with E-state index in [4.69, 9.17) is 0 Å². The minimum atomic E-state index is 0.329. The lowest BCUT2D eigenvalue weighted by Gasteiger charge is -2.02. The zero-order chi connectivity index (χ0) is 11.8. The van der Waals surface area contributed by atoms with Crippen LogP contribution in [0.25, 0.3) is 0 Å². The monoisotopic (exact) mass is 221 g/mol. The quantitative estimate of drug-likeness (QED) is 0.777. The second kappa shape index (κ2) is 7.39. The number of Topliss-reactive ketones (excluding diaryl/α,β-unsaturated/α-hetero) is 1. The van der Waals surface area contributed by atoms with Gasteiger partial charge in [0.2, 0.25) is 0 Å². The van der Waals surface area contributed by atoms with Gasteiger partial charge in [0.25, 0.3) is 0 Å². The average Bonchev–Trinajstić information content (AvgIpc) is 2.83. The summed E-state index contributed by atoms with van der Waals surface area (Å²) in [7, 11) is 0. The smallest absolute Gasteiger partial charge is 0.137 e. The van der Waals surface area contributed by atoms with Gasteiger partial charge in [-0.25, -0.2) is 0 Å². The molecule has 0 radical (unpaired) electrons. The summed E-state index contributed by atoms with van der Waals surface area (Å²) in [5.41, 5.74) is 1.50. The van der Waals surface area contributed by atoms with E-state index >= 15 is 0 Å². The highest BCUT2D eigenvalue weighted by atomic mass is 16.1. The first-order valence-corrected chi connectivity index (χ1v) is 6.29. The van der Waals surface area contributed by atoms with Crippen LogP contribution in [-0.2, 0) is 4.79 Å². The molecule has 1 heterocycles. The fourth-order valence-corrected chi connectivity index (χ4v) is 1.94. The Morgan fingerprint density at radius 2 is 2.38 bits per heavy atom. The number of carbonyl (C=O) groups is 1. The third-order valence-corrected chi connectivity index (χ3v) is 3.09. The van der Waals surface area contributed by atoms with Gasteiger partial charge in [-0.2, -0.15) is 0 Å². The van der Waals surface area contributed by atoms with Gasteiger partial charge in [0.1, 0.15) is 5.78 Å². The minimum absolute atomic E-state index is 0.329. The molecule has 90 valence electrons. The van der Waals surface area contributed by atoms with E-state index < -0.39 is 0 Å². The minimum Gasteiger partial charge on any atom is -0.316 e. The Morgan fingerprint density at radius 1 is 1.56 bits per heavy atom. The van der Waals surface area contributed by atoms with E-state index in [9.17, 15) is 4.79 Å². The number of nitrogens with one attached hydrogen (secondary N) is 1. The van der Waals surface area contributed by atoms with Gasteiger partial charge in [0.05, 0.1) is 0 Å². The second-order valence-electron chi connectivity index (χ2n) is 4.49. The first-order valence-electron chi connectivity index (χ1n) is 6.29. The fraction of sp³-hybridized carbons (Fsp3) is 0.643. The van der Waals surface area contributed by atoms with Crippen molar-refractivity contribution < 1.29 is 4.79 Å². The van der Waals surface area contributed by atoms with Crippen LogP contribution in [0.1, 0.15) is 39.5 Å². The predicted molar refractivity (Wildman–Crippen MR) is 68.4 cm³/mol. The highest BCUT2D eigenvalue weighted by Crippen LogP contribution is 2.10. The number of ketones is 1. The van der Waals surface area contributed by atoms with Crippen molar-refractivity contribution in [1.82, 2.24) is 5.32 Å². The van der Waals surface area contributed by atoms with Gasteiger partial charge in [0.15, 0.2) is 0 Å². The molecule has 0 bridgehead atoms. The zero-order valence-corrected chi connectivity index (χ0v) is 10.5. The van der Waals surface area contributed by atoms with Crippen molar-refractivity contribution in [3.8, 4) is 0 Å². The Bertz CT molecular complexity index is 272. The molecule has 1 aliphatic heterocycles. The number of hydrogen-bond acceptors (Lipinski definition) is 2. The molecule has 0 saturated carbocycles. The molecule has 0 amide bonds. The summed E-state index contributed by atoms with van der Waals surface area (Å²) in [5, 5.41) is 3.17. The number of carbonyl (C=O) groups excluding carboxylic acids is 1. The van der Waals surface area contributed by atoms with Crippen LogP contribution in [0.4, 0.5) is 0 Å². The molecule has 0 aromatic rings. The van der Waals surface area contributed by atoms with E-state index in [1.807, 2.05) is 6.92 Å². The van der Waals surface area contributed by atoms with Crippen molar-refractivity contribution in [2.75, 3.05) is 13.1 Å². The highest BCUT2D eigenvalue weighted by molar-refractivity contribution is 5.81. The van der Waals surface area contributed by atoms with E-state index in [0.29, 0.717) is 18.1 Å². The molecule has 1 unspecified atom stereocenters. The summed E-state index contributed by atoms with van der Waals surface area (Å²) < 4.78 is 0. The molecule has 2 nitrogen and oxygen atoms in total. The molecule has 1 N–H and O–H groups in total. The lowest BCUT2D eigenvalue weighted by Crippen LogP contribution is -2.16. The summed E-state index contributed by atoms with van der Waals surface area (Å²) in [4.78, 5) is 11.0. The second-order valence-corrected chi connectivity index (χ2v) is 4.49. The van der Waals surface area contributed by atoms with Crippen LogP contribution in [0.3, 0.4) is 0 Å². The summed E-state index contributed by atoms with van der Waals surface area (Å²) in [6.07, 6.45) is 10.7. The lowest BCUT2D eigenvalue weighted by atomic mass is 10.0. The zero-order valence-electron chi connectivity index (χ0n) is 10.5. The van der Waals surface area contributed by atoms with Gasteiger partial charge >= 0.3 is 0 Å². The van der Waals surface area contributed by atoms with E-state index in [1.54, 1.807) is 0 Å². The lowest BCUT2D eigenvalue weighted by molar-refractivity contribution is -0.121. The SMILES string of the molecule is CC1=CC=CCC1.CCC(=O)C1CCNC1. The summed E-state index contributed by atoms with van der Waals surface area (Å²) in [6.45, 7) is 6.03. The van der Waals surface area contributed by atoms with Crippen LogP contribution in [0.15, 0.2) is 23.8 Å². The third-order valence-electron chi connectivity index (χ3n) is 3.09. The number of rotatable bonds is 2. The summed E-state index contributed by atoms with van der Waals surface area (Å²) in [5.74, 6) is 0.745. The van der Waals surface area contributed by atoms with Crippen molar-refractivity contribution in [2.45, 2.75) is 39.5 Å². The predicted octanol–water partition coefficient (Wildman–Crippen LogP) is 2.86. The Labute approximate surface area is 98.8 Å². The van der Waals surface area contributed by atoms with Gasteiger partial charge in [0, 0.05) is 18.9 Å². The van der Waals surface area contributed by atoms with Gasteiger partial charge in [-0.1, -0.05) is 30.7 Å². The van der Waals surface area contributed by atoms with Crippen LogP contribution in [-0.4, -0.2) is 18.9 Å². The standard InChI is InChI=1S/C7H13NO.C7H10/c1-2-7(9)6-3-4-8-5-6;1-7-5-3-2-4-6-7/h6,8H,2-5H2,1H3;2-3,5H,4,6H2,1H3. The summed E-state index contributed by atoms with van der Waals surface area (Å²) in [6, 6.07) is 0. The third kappa shape index (κ3) is 4.75. The first-order chi connectivity index (χ1) is 7.74. The molecule has 1 atom stereocenters. The molecule has 0 aromatic heterocycles. The van der Waals surface area contributed by atoms with Crippen molar-refractivity contribution in [1.29, 1.82) is 0 Å². The maximum absolute atomic E-state index is 11.0. The first kappa shape index (κ1) is 13.2. The van der Waals surface area contributed by atoms with Crippen LogP contribution >= 0.6 is 0 Å². The Kier molecular flexibility index (Phi) is 6.09. The van der Waals surface area contributed by atoms with E-state index in [1.165, 1.54) is 18.4 Å². The maximum atomic E-state index is 11.0. The van der Waals surface area contributed by atoms with Crippen molar-refractivity contribution >= 4 is 5.78 Å². The maximum Gasteiger partial charge on any atom is 0.137 e. The van der Waals surface area contributed by atoms with Gasteiger partial charge < -0.3 is 5.32 Å². The van der Waals surface area contributed by atoms with Crippen molar-refractivity contribution in [3.63, 3.8) is 0 Å². The van der Waals surface area contributed by atoms with Crippen molar-refractivity contribution in [2.24, 2.45) is 5.92 Å². The molecule has 2 rings (SSSR count). The molecule has 1 saturated heterocycles. The molecule has 0 aromatic carbocycles. The van der Waals surface area contributed by atoms with Crippen molar-refractivity contribution in [3.05, 3.63) is 23.8 Å². The summed E-state index contributed by atoms with van der Waals surface area (Å²) >= 11 is 0. The van der Waals surface area contributed by atoms with Gasteiger partial charge in [-0.3, -0.25) is 4.79 Å². The average molecular weight is 221 g/mol. The van der Waals surface area contributed by atoms with Gasteiger partial charge in [-0.15, -0.1) is 0 Å². The number of hydrogen-bond donors (Lipinski definition) is 1. The molecule has 2 aliphatic rings. The highest BCUT2D eigenvalue weighted by Gasteiger charge is 2.19. The van der Waals surface area contributed by atoms with Crippen LogP contribution in [0.5, 0.6) is 0 Å². The Balaban J connectivity index is 0.000000165. The Morgan fingerprint density at radius 3 is 2.75 bits per heavy atom. The van der Waals surface area contributed by atoms with E-state index in [2.05, 4.69) is 30.5 Å². The molecule has 1 fully saturated rings. The topological polar surface area (TPSA) is 29.1 Å². The molecule has 0 spiro atoms.